The first-order valence-electron chi connectivity index (χ1n) is 14.5. The highest BCUT2D eigenvalue weighted by atomic mass is 32.2. The Bertz CT molecular complexity index is 1420. The highest BCUT2D eigenvalue weighted by Gasteiger charge is 2.44. The van der Waals surface area contributed by atoms with E-state index in [0.717, 1.165) is 0 Å². The molecule has 2 fully saturated rings. The third-order valence-electron chi connectivity index (χ3n) is 7.45. The molecule has 4 N–H and O–H groups in total. The Morgan fingerprint density at radius 1 is 1.07 bits per heavy atom. The first-order valence-corrected chi connectivity index (χ1v) is 17.8. The Morgan fingerprint density at radius 2 is 1.73 bits per heavy atom. The number of benzene rings is 2. The van der Waals surface area contributed by atoms with Gasteiger partial charge in [-0.3, -0.25) is 4.57 Å². The summed E-state index contributed by atoms with van der Waals surface area (Å²) in [6.45, 7) is 4.17. The average molecular weight is 673 g/mol. The van der Waals surface area contributed by atoms with Crippen molar-refractivity contribution >= 4 is 23.7 Å². The third kappa shape index (κ3) is 9.87. The van der Waals surface area contributed by atoms with Crippen molar-refractivity contribution in [3.63, 3.8) is 0 Å². The number of ether oxygens (including phenoxy) is 5. The van der Waals surface area contributed by atoms with Crippen LogP contribution in [0.2, 0.25) is 0 Å². The fourth-order valence-electron chi connectivity index (χ4n) is 5.20. The Morgan fingerprint density at radius 3 is 2.36 bits per heavy atom. The van der Waals surface area contributed by atoms with Gasteiger partial charge >= 0.3 is 13.7 Å². The van der Waals surface area contributed by atoms with Crippen molar-refractivity contribution in [1.82, 2.24) is 9.62 Å². The van der Waals surface area contributed by atoms with E-state index in [0.29, 0.717) is 24.3 Å². The molecule has 0 saturated carbocycles. The largest absolute Gasteiger partial charge is 0.497 e. The maximum Gasteiger partial charge on any atom is 0.407 e. The summed E-state index contributed by atoms with van der Waals surface area (Å²) in [5.41, 5.74) is 0.629. The number of hydrogen-bond acceptors (Lipinski definition) is 10. The number of aliphatic hydroxyl groups is 1. The molecule has 1 amide bonds. The summed E-state index contributed by atoms with van der Waals surface area (Å²) >= 11 is 0. The zero-order valence-corrected chi connectivity index (χ0v) is 27.1. The number of aliphatic hydroxyl groups excluding tert-OH is 1. The van der Waals surface area contributed by atoms with Crippen LogP contribution in [0.1, 0.15) is 25.8 Å². The molecule has 0 unspecified atom stereocenters. The van der Waals surface area contributed by atoms with Gasteiger partial charge in [-0.05, 0) is 60.7 Å². The first-order chi connectivity index (χ1) is 21.2. The summed E-state index contributed by atoms with van der Waals surface area (Å²) in [6, 6.07) is 11.2. The number of hydrogen-bond donors (Lipinski definition) is 4. The van der Waals surface area contributed by atoms with Crippen LogP contribution in [0.4, 0.5) is 4.79 Å². The molecule has 0 radical (unpaired) electrons. The minimum absolute atomic E-state index is 0.0283. The average Bonchev–Trinajstić information content (AvgIpc) is 3.60. The van der Waals surface area contributed by atoms with Crippen molar-refractivity contribution in [1.29, 1.82) is 0 Å². The number of amides is 1. The SMILES string of the molecule is COc1ccc(S(=O)(=O)N(CC(C)C)C[C@@H](O)[C@H](Cc2ccc(OCP(=O)(O)O)cc2)NC(=O)O[C@H]2CO[C@H]3OCC[C@H]32)cc1. The summed E-state index contributed by atoms with van der Waals surface area (Å²) in [5.74, 6) is 0.533. The number of alkyl carbamates (subject to hydrolysis) is 1. The maximum absolute atomic E-state index is 13.7. The van der Waals surface area contributed by atoms with Crippen LogP contribution < -0.4 is 14.8 Å². The van der Waals surface area contributed by atoms with Crippen LogP contribution in [0.15, 0.2) is 53.4 Å². The summed E-state index contributed by atoms with van der Waals surface area (Å²) < 4.78 is 66.7. The van der Waals surface area contributed by atoms with Crippen molar-refractivity contribution in [3.05, 3.63) is 54.1 Å². The lowest BCUT2D eigenvalue weighted by Gasteiger charge is -2.31. The van der Waals surface area contributed by atoms with Crippen molar-refractivity contribution in [3.8, 4) is 11.5 Å². The normalized spacial score (nSPS) is 21.4. The first kappa shape index (κ1) is 35.1. The summed E-state index contributed by atoms with van der Waals surface area (Å²) in [7, 11) is -6.93. The van der Waals surface area contributed by atoms with Crippen LogP contribution in [0.25, 0.3) is 0 Å². The van der Waals surface area contributed by atoms with Gasteiger partial charge in [0.1, 0.15) is 17.6 Å². The van der Waals surface area contributed by atoms with E-state index in [9.17, 15) is 22.9 Å². The van der Waals surface area contributed by atoms with Gasteiger partial charge in [-0.25, -0.2) is 13.2 Å². The topological polar surface area (TPSA) is 190 Å². The molecule has 2 saturated heterocycles. The molecule has 14 nitrogen and oxygen atoms in total. The number of carbonyl (C=O) groups excluding carboxylic acids is 1. The van der Waals surface area contributed by atoms with Gasteiger partial charge in [-0.15, -0.1) is 0 Å². The summed E-state index contributed by atoms with van der Waals surface area (Å²) in [5, 5.41) is 14.2. The fourth-order valence-corrected chi connectivity index (χ4v) is 7.14. The number of sulfonamides is 1. The second-order valence-corrected chi connectivity index (χ2v) is 15.0. The molecule has 2 aromatic rings. The Hall–Kier alpha value is -2.75. The van der Waals surface area contributed by atoms with Crippen LogP contribution >= 0.6 is 7.60 Å². The number of carbonyl (C=O) groups is 1. The molecule has 2 aromatic carbocycles. The highest BCUT2D eigenvalue weighted by molar-refractivity contribution is 7.89. The molecule has 2 aliphatic heterocycles. The Kier molecular flexibility index (Phi) is 11.9. The predicted octanol–water partition coefficient (Wildman–Crippen LogP) is 2.32. The Labute approximate surface area is 262 Å². The van der Waals surface area contributed by atoms with E-state index in [1.807, 2.05) is 13.8 Å². The van der Waals surface area contributed by atoms with Gasteiger partial charge in [-0.1, -0.05) is 26.0 Å². The number of fused-ring (bicyclic) bond motifs is 1. The summed E-state index contributed by atoms with van der Waals surface area (Å²) in [6.07, 6.45) is -3.15. The molecule has 0 spiro atoms. The molecule has 4 rings (SSSR count). The lowest BCUT2D eigenvalue weighted by Crippen LogP contribution is -2.51. The van der Waals surface area contributed by atoms with Crippen LogP contribution in [0, 0.1) is 11.8 Å². The molecule has 0 aromatic heterocycles. The lowest BCUT2D eigenvalue weighted by molar-refractivity contribution is -0.0907. The highest BCUT2D eigenvalue weighted by Crippen LogP contribution is 2.35. The van der Waals surface area contributed by atoms with Crippen molar-refractivity contribution in [2.75, 3.05) is 39.8 Å². The lowest BCUT2D eigenvalue weighted by atomic mass is 10.0. The predicted molar refractivity (Wildman–Crippen MR) is 161 cm³/mol. The molecular weight excluding hydrogens is 631 g/mol. The van der Waals surface area contributed by atoms with Crippen LogP contribution in [0.5, 0.6) is 11.5 Å². The quantitative estimate of drug-likeness (QED) is 0.202. The van der Waals surface area contributed by atoms with Gasteiger partial charge in [0.2, 0.25) is 10.0 Å². The molecule has 2 aliphatic rings. The Balaban J connectivity index is 1.53. The van der Waals surface area contributed by atoms with E-state index >= 15 is 0 Å². The van der Waals surface area contributed by atoms with Crippen LogP contribution in [0.3, 0.4) is 0 Å². The van der Waals surface area contributed by atoms with E-state index in [4.69, 9.17) is 33.5 Å². The molecule has 0 bridgehead atoms. The molecule has 2 heterocycles. The van der Waals surface area contributed by atoms with Crippen LogP contribution in [-0.2, 0) is 35.2 Å². The van der Waals surface area contributed by atoms with Crippen molar-refractivity contribution in [2.45, 2.75) is 56.1 Å². The van der Waals surface area contributed by atoms with Gasteiger partial charge in [0.25, 0.3) is 0 Å². The van der Waals surface area contributed by atoms with Gasteiger partial charge in [-0.2, -0.15) is 4.31 Å². The monoisotopic (exact) mass is 672 g/mol. The zero-order valence-electron chi connectivity index (χ0n) is 25.4. The zero-order chi connectivity index (χ0) is 32.8. The van der Waals surface area contributed by atoms with Gasteiger partial charge < -0.3 is 43.9 Å². The van der Waals surface area contributed by atoms with E-state index in [1.165, 1.54) is 47.8 Å². The van der Waals surface area contributed by atoms with Crippen LogP contribution in [-0.4, -0.2) is 98.0 Å². The standard InChI is InChI=1S/C29H41N2O12PS/c1-19(2)15-31(45(37,38)23-10-8-21(39-3)9-11-23)16-26(32)25(14-20-4-6-22(7-5-20)42-18-44(34,35)36)30-29(33)43-27-17-41-28-24(27)12-13-40-28/h4-11,19,24-28,32H,12-18H2,1-3H3,(H,30,33)(H2,34,35,36)/t24-,25-,26+,27-,28+/m0/s1. The minimum Gasteiger partial charge on any atom is -0.497 e. The number of methoxy groups -OCH3 is 1. The molecule has 16 heteroatoms. The number of nitrogens with zero attached hydrogens (tertiary/aromatic N) is 1. The second kappa shape index (κ2) is 15.2. The summed E-state index contributed by atoms with van der Waals surface area (Å²) in [4.78, 5) is 31.3. The van der Waals surface area contributed by atoms with Crippen molar-refractivity contribution < 1.29 is 56.4 Å². The molecule has 0 aliphatic carbocycles. The van der Waals surface area contributed by atoms with Gasteiger partial charge in [0.15, 0.2) is 12.6 Å². The smallest absolute Gasteiger partial charge is 0.407 e. The van der Waals surface area contributed by atoms with E-state index < -0.39 is 54.6 Å². The van der Waals surface area contributed by atoms with E-state index in [-0.39, 0.29) is 48.6 Å². The maximum atomic E-state index is 13.7. The van der Waals surface area contributed by atoms with E-state index in [1.54, 1.807) is 12.1 Å². The minimum atomic E-state index is -4.37. The number of rotatable bonds is 15. The third-order valence-corrected chi connectivity index (χ3v) is 9.76. The molecular formula is C29H41N2O12PS. The fraction of sp³-hybridized carbons (Fsp3) is 0.552. The van der Waals surface area contributed by atoms with Crippen molar-refractivity contribution in [2.24, 2.45) is 11.8 Å². The molecule has 45 heavy (non-hydrogen) atoms. The van der Waals surface area contributed by atoms with Gasteiger partial charge in [0, 0.05) is 13.1 Å². The van der Waals surface area contributed by atoms with E-state index in [2.05, 4.69) is 5.32 Å². The number of nitrogens with one attached hydrogen (secondary N) is 1. The van der Waals surface area contributed by atoms with Gasteiger partial charge in [0.05, 0.1) is 43.3 Å². The second-order valence-electron chi connectivity index (χ2n) is 11.5. The molecule has 5 atom stereocenters. The molecule has 250 valence electrons.